The second kappa shape index (κ2) is 10.4. The van der Waals surface area contributed by atoms with Gasteiger partial charge in [-0.3, -0.25) is 9.63 Å². The zero-order valence-electron chi connectivity index (χ0n) is 20.9. The van der Waals surface area contributed by atoms with Crippen molar-refractivity contribution in [3.63, 3.8) is 0 Å². The van der Waals surface area contributed by atoms with Gasteiger partial charge in [0.05, 0.1) is 23.7 Å². The fraction of sp³-hybridized carbons (Fsp3) is 0.276. The first kappa shape index (κ1) is 24.5. The van der Waals surface area contributed by atoms with Crippen LogP contribution < -0.4 is 4.74 Å². The lowest BCUT2D eigenvalue weighted by atomic mass is 9.95. The number of amides is 1. The molecule has 0 radical (unpaired) electrons. The van der Waals surface area contributed by atoms with E-state index in [-0.39, 0.29) is 11.5 Å². The predicted molar refractivity (Wildman–Crippen MR) is 140 cm³/mol. The molecule has 1 amide bonds. The molecular weight excluding hydrogens is 470 g/mol. The Morgan fingerprint density at radius 2 is 1.70 bits per heavy atom. The Morgan fingerprint density at radius 3 is 2.41 bits per heavy atom. The molecule has 0 bridgehead atoms. The summed E-state index contributed by atoms with van der Waals surface area (Å²) in [7, 11) is 2.99. The van der Waals surface area contributed by atoms with Crippen LogP contribution in [0.15, 0.2) is 66.7 Å². The zero-order chi connectivity index (χ0) is 25.9. The first-order chi connectivity index (χ1) is 17.9. The highest BCUT2D eigenvalue weighted by Crippen LogP contribution is 2.37. The van der Waals surface area contributed by atoms with Crippen LogP contribution in [0, 0.1) is 0 Å². The number of aromatic nitrogens is 2. The number of carbonyl (C=O) groups is 2. The van der Waals surface area contributed by atoms with Crippen LogP contribution in [-0.2, 0) is 4.84 Å². The quantitative estimate of drug-likeness (QED) is 0.299. The third kappa shape index (κ3) is 5.06. The molecule has 1 N–H and O–H groups in total. The Bertz CT molecular complexity index is 1440. The molecule has 37 heavy (non-hydrogen) atoms. The van der Waals surface area contributed by atoms with Gasteiger partial charge in [-0.1, -0.05) is 25.3 Å². The average Bonchev–Trinajstić information content (AvgIpc) is 3.32. The molecule has 5 rings (SSSR count). The maximum atomic E-state index is 12.4. The summed E-state index contributed by atoms with van der Waals surface area (Å²) >= 11 is 0. The van der Waals surface area contributed by atoms with E-state index in [9.17, 15) is 14.7 Å². The fourth-order valence-corrected chi connectivity index (χ4v) is 4.91. The van der Waals surface area contributed by atoms with Crippen molar-refractivity contribution in [3.05, 3.63) is 77.9 Å². The molecule has 1 aliphatic rings. The molecule has 0 aliphatic heterocycles. The van der Waals surface area contributed by atoms with Gasteiger partial charge >= 0.3 is 5.97 Å². The van der Waals surface area contributed by atoms with E-state index >= 15 is 0 Å². The van der Waals surface area contributed by atoms with E-state index in [4.69, 9.17) is 14.6 Å². The topological polar surface area (TPSA) is 93.9 Å². The minimum Gasteiger partial charge on any atom is -0.478 e. The second-order valence-electron chi connectivity index (χ2n) is 9.25. The van der Waals surface area contributed by atoms with Crippen LogP contribution in [0.4, 0.5) is 0 Å². The zero-order valence-corrected chi connectivity index (χ0v) is 20.9. The number of carboxylic acids is 1. The molecule has 1 aliphatic carbocycles. The van der Waals surface area contributed by atoms with Crippen LogP contribution >= 0.6 is 0 Å². The molecule has 0 unspecified atom stereocenters. The Labute approximate surface area is 215 Å². The summed E-state index contributed by atoms with van der Waals surface area (Å²) in [6.45, 7) is 0. The number of carboxylic acid groups (broad SMARTS) is 1. The van der Waals surface area contributed by atoms with Crippen molar-refractivity contribution in [2.24, 2.45) is 0 Å². The van der Waals surface area contributed by atoms with Crippen LogP contribution in [0.25, 0.3) is 22.4 Å². The summed E-state index contributed by atoms with van der Waals surface area (Å²) in [5.41, 5.74) is 3.25. The van der Waals surface area contributed by atoms with E-state index in [0.29, 0.717) is 28.6 Å². The van der Waals surface area contributed by atoms with Crippen molar-refractivity contribution in [1.82, 2.24) is 14.6 Å². The number of imidazole rings is 1. The second-order valence-corrected chi connectivity index (χ2v) is 9.25. The highest BCUT2D eigenvalue weighted by atomic mass is 16.7. The summed E-state index contributed by atoms with van der Waals surface area (Å²) in [6.07, 6.45) is 5.74. The Morgan fingerprint density at radius 1 is 0.946 bits per heavy atom. The molecule has 4 aromatic rings. The lowest BCUT2D eigenvalue weighted by Gasteiger charge is -2.25. The van der Waals surface area contributed by atoms with E-state index in [1.54, 1.807) is 43.4 Å². The largest absolute Gasteiger partial charge is 0.478 e. The minimum absolute atomic E-state index is 0.230. The number of hydrogen-bond donors (Lipinski definition) is 1. The third-order valence-corrected chi connectivity index (χ3v) is 6.87. The van der Waals surface area contributed by atoms with Gasteiger partial charge in [-0.15, -0.1) is 0 Å². The van der Waals surface area contributed by atoms with E-state index in [1.807, 2.05) is 30.3 Å². The molecule has 1 aromatic heterocycles. The summed E-state index contributed by atoms with van der Waals surface area (Å²) in [5, 5.41) is 10.6. The van der Waals surface area contributed by atoms with E-state index < -0.39 is 5.97 Å². The standard InChI is InChI=1S/C29H29N3O5/c1-31(36-2)28(33)20-7-6-10-24(17-20)37-23-14-11-19(12-15-23)27-30-25-18-21(29(34)35)13-16-26(25)32(27)22-8-4-3-5-9-22/h6-7,10-18,22H,3-5,8-9H2,1-2H3,(H,34,35). The SMILES string of the molecule is CON(C)C(=O)c1cccc(Oc2ccc(-c3nc4cc(C(=O)O)ccc4n3C3CCCCC3)cc2)c1. The molecule has 0 spiro atoms. The Balaban J connectivity index is 1.45. The number of benzene rings is 3. The number of aromatic carboxylic acids is 1. The summed E-state index contributed by atoms with van der Waals surface area (Å²) in [5.74, 6) is 0.764. The summed E-state index contributed by atoms with van der Waals surface area (Å²) < 4.78 is 8.29. The highest BCUT2D eigenvalue weighted by molar-refractivity contribution is 5.94. The molecule has 8 nitrogen and oxygen atoms in total. The van der Waals surface area contributed by atoms with Crippen molar-refractivity contribution in [2.45, 2.75) is 38.1 Å². The predicted octanol–water partition coefficient (Wildman–Crippen LogP) is 6.33. The van der Waals surface area contributed by atoms with E-state index in [2.05, 4.69) is 4.57 Å². The fourth-order valence-electron chi connectivity index (χ4n) is 4.91. The Kier molecular flexibility index (Phi) is 6.92. The third-order valence-electron chi connectivity index (χ3n) is 6.87. The van der Waals surface area contributed by atoms with Gasteiger partial charge in [0.15, 0.2) is 0 Å². The smallest absolute Gasteiger partial charge is 0.335 e. The maximum absolute atomic E-state index is 12.4. The summed E-state index contributed by atoms with van der Waals surface area (Å²) in [6, 6.07) is 20.1. The number of hydroxylamine groups is 2. The van der Waals surface area contributed by atoms with Crippen molar-refractivity contribution < 1.29 is 24.3 Å². The van der Waals surface area contributed by atoms with Gasteiger partial charge in [0.25, 0.3) is 5.91 Å². The number of fused-ring (bicyclic) bond motifs is 1. The van der Waals surface area contributed by atoms with Gasteiger partial charge in [0.2, 0.25) is 0 Å². The van der Waals surface area contributed by atoms with Gasteiger partial charge in [0.1, 0.15) is 17.3 Å². The average molecular weight is 500 g/mol. The number of nitrogens with zero attached hydrogens (tertiary/aromatic N) is 3. The molecule has 1 heterocycles. The minimum atomic E-state index is -0.961. The normalized spacial score (nSPS) is 14.0. The van der Waals surface area contributed by atoms with Gasteiger partial charge in [-0.05, 0) is 73.5 Å². The molecule has 1 saturated carbocycles. The highest BCUT2D eigenvalue weighted by Gasteiger charge is 2.23. The van der Waals surface area contributed by atoms with Crippen molar-refractivity contribution >= 4 is 22.9 Å². The molecule has 1 fully saturated rings. The van der Waals surface area contributed by atoms with Gasteiger partial charge in [-0.2, -0.15) is 0 Å². The Hall–Kier alpha value is -4.17. The van der Waals surface area contributed by atoms with Crippen LogP contribution in [0.5, 0.6) is 11.5 Å². The van der Waals surface area contributed by atoms with E-state index in [1.165, 1.54) is 26.4 Å². The molecule has 3 aromatic carbocycles. The van der Waals surface area contributed by atoms with Crippen molar-refractivity contribution in [3.8, 4) is 22.9 Å². The molecule has 190 valence electrons. The monoisotopic (exact) mass is 499 g/mol. The molecule has 0 saturated heterocycles. The van der Waals surface area contributed by atoms with Crippen LogP contribution in [0.3, 0.4) is 0 Å². The van der Waals surface area contributed by atoms with Gasteiger partial charge < -0.3 is 14.4 Å². The van der Waals surface area contributed by atoms with Gasteiger partial charge in [-0.25, -0.2) is 14.8 Å². The molecular formula is C29H29N3O5. The lowest BCUT2D eigenvalue weighted by molar-refractivity contribution is -0.0757. The number of rotatable bonds is 7. The van der Waals surface area contributed by atoms with E-state index in [0.717, 1.165) is 34.8 Å². The molecule has 0 atom stereocenters. The van der Waals surface area contributed by atoms with Crippen LogP contribution in [0.2, 0.25) is 0 Å². The van der Waals surface area contributed by atoms with Crippen LogP contribution in [-0.4, -0.2) is 45.8 Å². The first-order valence-corrected chi connectivity index (χ1v) is 12.4. The van der Waals surface area contributed by atoms with Crippen molar-refractivity contribution in [1.29, 1.82) is 0 Å². The maximum Gasteiger partial charge on any atom is 0.335 e. The van der Waals surface area contributed by atoms with Crippen LogP contribution in [0.1, 0.15) is 58.9 Å². The molecule has 8 heteroatoms. The van der Waals surface area contributed by atoms with Gasteiger partial charge in [0, 0.05) is 24.2 Å². The first-order valence-electron chi connectivity index (χ1n) is 12.4. The summed E-state index contributed by atoms with van der Waals surface area (Å²) in [4.78, 5) is 33.8. The number of ether oxygens (including phenoxy) is 1. The number of hydrogen-bond acceptors (Lipinski definition) is 5. The lowest BCUT2D eigenvalue weighted by Crippen LogP contribution is -2.25. The van der Waals surface area contributed by atoms with Crippen molar-refractivity contribution in [2.75, 3.05) is 14.2 Å². The number of carbonyl (C=O) groups excluding carboxylic acids is 1.